The van der Waals surface area contributed by atoms with Gasteiger partial charge in [-0.3, -0.25) is 29.9 Å². The van der Waals surface area contributed by atoms with Crippen LogP contribution in [0.4, 0.5) is 11.4 Å². The lowest BCUT2D eigenvalue weighted by Crippen LogP contribution is -2.38. The van der Waals surface area contributed by atoms with Crippen molar-refractivity contribution in [1.82, 2.24) is 9.80 Å². The molecule has 1 atom stereocenters. The molecular weight excluding hydrogens is 388 g/mol. The van der Waals surface area contributed by atoms with Gasteiger partial charge in [0.15, 0.2) is 0 Å². The number of nitrogens with zero attached hydrogens (tertiary/aromatic N) is 4. The number of hydrogen-bond donors (Lipinski definition) is 0. The summed E-state index contributed by atoms with van der Waals surface area (Å²) < 4.78 is 0. The molecule has 1 amide bonds. The molecule has 1 saturated heterocycles. The SMILES string of the molecule is CN(CC(c1cccc([N+](=O)[O-])c1)N1CCCC1)C(=O)Cc1ccccc1[N+](=O)[O-]. The first-order valence-electron chi connectivity index (χ1n) is 9.81. The Morgan fingerprint density at radius 1 is 1.07 bits per heavy atom. The highest BCUT2D eigenvalue weighted by atomic mass is 16.6. The van der Waals surface area contributed by atoms with Gasteiger partial charge in [-0.25, -0.2) is 0 Å². The summed E-state index contributed by atoms with van der Waals surface area (Å²) in [5.74, 6) is -0.237. The van der Waals surface area contributed by atoms with Crippen LogP contribution in [0.15, 0.2) is 48.5 Å². The fourth-order valence-corrected chi connectivity index (χ4v) is 3.83. The smallest absolute Gasteiger partial charge is 0.273 e. The van der Waals surface area contributed by atoms with Crippen molar-refractivity contribution in [3.8, 4) is 0 Å². The first-order valence-corrected chi connectivity index (χ1v) is 9.81. The number of likely N-dealkylation sites (tertiary alicyclic amines) is 1. The minimum absolute atomic E-state index is 0.0191. The summed E-state index contributed by atoms with van der Waals surface area (Å²) in [5.41, 5.74) is 1.10. The van der Waals surface area contributed by atoms with E-state index in [2.05, 4.69) is 4.90 Å². The molecule has 1 fully saturated rings. The molecule has 1 unspecified atom stereocenters. The molecule has 9 heteroatoms. The van der Waals surface area contributed by atoms with Gasteiger partial charge in [0.2, 0.25) is 5.91 Å². The lowest BCUT2D eigenvalue weighted by atomic mass is 10.0. The molecule has 0 saturated carbocycles. The monoisotopic (exact) mass is 412 g/mol. The van der Waals surface area contributed by atoms with Crippen LogP contribution in [0.1, 0.15) is 30.0 Å². The van der Waals surface area contributed by atoms with E-state index in [-0.39, 0.29) is 29.7 Å². The number of rotatable bonds is 8. The van der Waals surface area contributed by atoms with Crippen molar-refractivity contribution in [2.24, 2.45) is 0 Å². The Labute approximate surface area is 174 Å². The van der Waals surface area contributed by atoms with E-state index in [0.29, 0.717) is 12.1 Å². The molecule has 30 heavy (non-hydrogen) atoms. The maximum atomic E-state index is 12.8. The zero-order valence-corrected chi connectivity index (χ0v) is 16.8. The van der Waals surface area contributed by atoms with E-state index < -0.39 is 9.85 Å². The minimum atomic E-state index is -0.487. The van der Waals surface area contributed by atoms with Crippen LogP contribution in [0.2, 0.25) is 0 Å². The van der Waals surface area contributed by atoms with Gasteiger partial charge in [-0.05, 0) is 31.5 Å². The van der Waals surface area contributed by atoms with Crippen molar-refractivity contribution >= 4 is 17.3 Å². The number of hydrogen-bond acceptors (Lipinski definition) is 6. The number of benzene rings is 2. The Morgan fingerprint density at radius 3 is 2.43 bits per heavy atom. The van der Waals surface area contributed by atoms with Crippen LogP contribution in [0.25, 0.3) is 0 Å². The zero-order chi connectivity index (χ0) is 21.7. The topological polar surface area (TPSA) is 110 Å². The van der Waals surface area contributed by atoms with Gasteiger partial charge in [-0.2, -0.15) is 0 Å². The number of likely N-dealkylation sites (N-methyl/N-ethyl adjacent to an activating group) is 1. The number of para-hydroxylation sites is 1. The molecule has 3 rings (SSSR count). The first-order chi connectivity index (χ1) is 14.4. The van der Waals surface area contributed by atoms with Gasteiger partial charge in [-0.1, -0.05) is 30.3 Å². The Kier molecular flexibility index (Phi) is 6.73. The maximum Gasteiger partial charge on any atom is 0.273 e. The molecule has 0 radical (unpaired) electrons. The number of nitro benzene ring substituents is 2. The summed E-state index contributed by atoms with van der Waals surface area (Å²) in [4.78, 5) is 38.1. The Balaban J connectivity index is 1.79. The van der Waals surface area contributed by atoms with Gasteiger partial charge in [-0.15, -0.1) is 0 Å². The molecule has 158 valence electrons. The van der Waals surface area contributed by atoms with Gasteiger partial charge in [0.05, 0.1) is 22.3 Å². The van der Waals surface area contributed by atoms with Crippen LogP contribution in [0.3, 0.4) is 0 Å². The van der Waals surface area contributed by atoms with E-state index in [0.717, 1.165) is 31.5 Å². The van der Waals surface area contributed by atoms with E-state index in [1.54, 1.807) is 42.3 Å². The average molecular weight is 412 g/mol. The van der Waals surface area contributed by atoms with Crippen molar-refractivity contribution in [1.29, 1.82) is 0 Å². The van der Waals surface area contributed by atoms with Gasteiger partial charge >= 0.3 is 0 Å². The molecule has 1 aliphatic rings. The molecule has 9 nitrogen and oxygen atoms in total. The summed E-state index contributed by atoms with van der Waals surface area (Å²) in [6.45, 7) is 2.07. The van der Waals surface area contributed by atoms with Crippen LogP contribution in [-0.2, 0) is 11.2 Å². The van der Waals surface area contributed by atoms with Crippen molar-refractivity contribution < 1.29 is 14.6 Å². The predicted octanol–water partition coefficient (Wildman–Crippen LogP) is 3.34. The number of amides is 1. The maximum absolute atomic E-state index is 12.8. The van der Waals surface area contributed by atoms with Crippen LogP contribution in [-0.4, -0.2) is 52.2 Å². The third kappa shape index (κ3) is 4.98. The van der Waals surface area contributed by atoms with E-state index in [1.165, 1.54) is 12.1 Å². The average Bonchev–Trinajstić information content (AvgIpc) is 3.26. The predicted molar refractivity (Wildman–Crippen MR) is 111 cm³/mol. The number of carbonyl (C=O) groups excluding carboxylic acids is 1. The second kappa shape index (κ2) is 9.45. The summed E-state index contributed by atoms with van der Waals surface area (Å²) in [6.07, 6.45) is 2.01. The Bertz CT molecular complexity index is 942. The molecule has 0 spiro atoms. The van der Waals surface area contributed by atoms with Crippen molar-refractivity contribution in [3.05, 3.63) is 79.9 Å². The van der Waals surface area contributed by atoms with E-state index in [1.807, 2.05) is 6.07 Å². The highest BCUT2D eigenvalue weighted by Gasteiger charge is 2.28. The highest BCUT2D eigenvalue weighted by Crippen LogP contribution is 2.28. The lowest BCUT2D eigenvalue weighted by molar-refractivity contribution is -0.385. The second-order valence-corrected chi connectivity index (χ2v) is 7.45. The number of carbonyl (C=O) groups is 1. The summed E-state index contributed by atoms with van der Waals surface area (Å²) in [6, 6.07) is 12.6. The molecule has 1 heterocycles. The van der Waals surface area contributed by atoms with Crippen LogP contribution in [0.5, 0.6) is 0 Å². The van der Waals surface area contributed by atoms with E-state index in [9.17, 15) is 25.0 Å². The van der Waals surface area contributed by atoms with Crippen molar-refractivity contribution in [2.75, 3.05) is 26.7 Å². The molecule has 0 bridgehead atoms. The molecule has 2 aromatic rings. The third-order valence-corrected chi connectivity index (χ3v) is 5.45. The number of nitro groups is 2. The fraction of sp³-hybridized carbons (Fsp3) is 0.381. The van der Waals surface area contributed by atoms with Gasteiger partial charge < -0.3 is 4.90 Å². The minimum Gasteiger partial charge on any atom is -0.344 e. The molecule has 0 aromatic heterocycles. The molecule has 0 N–H and O–H groups in total. The fourth-order valence-electron chi connectivity index (χ4n) is 3.83. The molecular formula is C21H24N4O5. The van der Waals surface area contributed by atoms with Crippen LogP contribution >= 0.6 is 0 Å². The Hall–Kier alpha value is -3.33. The second-order valence-electron chi connectivity index (χ2n) is 7.45. The Morgan fingerprint density at radius 2 is 1.77 bits per heavy atom. The van der Waals surface area contributed by atoms with E-state index >= 15 is 0 Å². The standard InChI is InChI=1S/C21H24N4O5/c1-22(21(26)14-17-7-2-3-10-19(17)25(29)30)15-20(23-11-4-5-12-23)16-8-6-9-18(13-16)24(27)28/h2-3,6-10,13,20H,4-5,11-12,14-15H2,1H3. The van der Waals surface area contributed by atoms with E-state index in [4.69, 9.17) is 0 Å². The van der Waals surface area contributed by atoms with Gasteiger partial charge in [0, 0.05) is 37.4 Å². The summed E-state index contributed by atoms with van der Waals surface area (Å²) in [5, 5.41) is 22.4. The molecule has 2 aromatic carbocycles. The zero-order valence-electron chi connectivity index (χ0n) is 16.8. The quantitative estimate of drug-likeness (QED) is 0.486. The van der Waals surface area contributed by atoms with Gasteiger partial charge in [0.1, 0.15) is 0 Å². The third-order valence-electron chi connectivity index (χ3n) is 5.45. The largest absolute Gasteiger partial charge is 0.344 e. The lowest BCUT2D eigenvalue weighted by Gasteiger charge is -2.31. The van der Waals surface area contributed by atoms with Crippen LogP contribution in [0, 0.1) is 20.2 Å². The summed E-state index contributed by atoms with van der Waals surface area (Å²) >= 11 is 0. The number of non-ortho nitro benzene ring substituents is 1. The first kappa shape index (κ1) is 21.4. The highest BCUT2D eigenvalue weighted by molar-refractivity contribution is 5.79. The normalized spacial score (nSPS) is 15.0. The van der Waals surface area contributed by atoms with Gasteiger partial charge in [0.25, 0.3) is 11.4 Å². The van der Waals surface area contributed by atoms with Crippen molar-refractivity contribution in [2.45, 2.75) is 25.3 Å². The van der Waals surface area contributed by atoms with Crippen molar-refractivity contribution in [3.63, 3.8) is 0 Å². The summed E-state index contributed by atoms with van der Waals surface area (Å²) in [7, 11) is 1.66. The molecule has 1 aliphatic heterocycles. The molecule has 0 aliphatic carbocycles. The van der Waals surface area contributed by atoms with Crippen LogP contribution < -0.4 is 0 Å².